The predicted molar refractivity (Wildman–Crippen MR) is 69.7 cm³/mol. The summed E-state index contributed by atoms with van der Waals surface area (Å²) in [4.78, 5) is 11.6. The molecule has 0 atom stereocenters. The number of halogens is 2. The number of hydrogen-bond donors (Lipinski definition) is 2. The minimum Gasteiger partial charge on any atom is -0.396 e. The number of amides is 1. The molecule has 20 heavy (non-hydrogen) atoms. The molecule has 0 radical (unpaired) electrons. The van der Waals surface area contributed by atoms with Gasteiger partial charge in [-0.2, -0.15) is 5.10 Å². The summed E-state index contributed by atoms with van der Waals surface area (Å²) in [6.07, 6.45) is 2.94. The van der Waals surface area contributed by atoms with Gasteiger partial charge < -0.3 is 11.1 Å². The van der Waals surface area contributed by atoms with Crippen LogP contribution in [0.2, 0.25) is 0 Å². The number of carbonyl (C=O) groups excluding carboxylic acids is 1. The molecular weight excluding hydrogens is 266 g/mol. The van der Waals surface area contributed by atoms with Crippen LogP contribution in [0.15, 0.2) is 30.6 Å². The first-order valence-corrected chi connectivity index (χ1v) is 6.04. The van der Waals surface area contributed by atoms with Crippen LogP contribution in [0.25, 0.3) is 0 Å². The number of anilines is 1. The molecule has 7 heteroatoms. The minimum absolute atomic E-state index is 0.0332. The summed E-state index contributed by atoms with van der Waals surface area (Å²) in [6.45, 7) is 0.783. The number of nitrogens with two attached hydrogens (primary N) is 1. The Balaban J connectivity index is 1.82. The van der Waals surface area contributed by atoms with Gasteiger partial charge in [0.15, 0.2) is 11.6 Å². The van der Waals surface area contributed by atoms with E-state index in [0.717, 1.165) is 6.07 Å². The Labute approximate surface area is 114 Å². The lowest BCUT2D eigenvalue weighted by Gasteiger charge is -2.06. The zero-order valence-electron chi connectivity index (χ0n) is 10.6. The van der Waals surface area contributed by atoms with Gasteiger partial charge in [-0.25, -0.2) is 8.78 Å². The first kappa shape index (κ1) is 14.0. The van der Waals surface area contributed by atoms with Crippen LogP contribution < -0.4 is 11.1 Å². The molecule has 106 valence electrons. The standard InChI is InChI=1S/C13H14F2N4O/c14-11-3-1-2-9(13(11)15)6-12(20)17-4-5-19-8-10(16)7-18-19/h1-3,7-8H,4-6,16H2,(H,17,20). The summed E-state index contributed by atoms with van der Waals surface area (Å²) >= 11 is 0. The fourth-order valence-electron chi connectivity index (χ4n) is 1.73. The first-order chi connectivity index (χ1) is 9.56. The molecule has 0 bridgehead atoms. The molecule has 0 saturated heterocycles. The van der Waals surface area contributed by atoms with Crippen LogP contribution in [-0.4, -0.2) is 22.2 Å². The number of carbonyl (C=O) groups is 1. The summed E-state index contributed by atoms with van der Waals surface area (Å²) in [5.74, 6) is -2.32. The Kier molecular flexibility index (Phi) is 4.29. The molecule has 0 unspecified atom stereocenters. The van der Waals surface area contributed by atoms with E-state index in [1.165, 1.54) is 18.3 Å². The SMILES string of the molecule is Nc1cnn(CCNC(=O)Cc2cccc(F)c2F)c1. The minimum atomic E-state index is -0.984. The van der Waals surface area contributed by atoms with Crippen LogP contribution in [-0.2, 0) is 17.8 Å². The maximum Gasteiger partial charge on any atom is 0.224 e. The molecule has 0 fully saturated rings. The average molecular weight is 280 g/mol. The van der Waals surface area contributed by atoms with Gasteiger partial charge in [-0.3, -0.25) is 9.48 Å². The molecule has 0 aliphatic carbocycles. The van der Waals surface area contributed by atoms with E-state index in [9.17, 15) is 13.6 Å². The van der Waals surface area contributed by atoms with E-state index in [-0.39, 0.29) is 17.9 Å². The number of hydrogen-bond acceptors (Lipinski definition) is 3. The van der Waals surface area contributed by atoms with Gasteiger partial charge in [-0.15, -0.1) is 0 Å². The summed E-state index contributed by atoms with van der Waals surface area (Å²) < 4.78 is 27.9. The lowest BCUT2D eigenvalue weighted by molar-refractivity contribution is -0.120. The van der Waals surface area contributed by atoms with Gasteiger partial charge in [0, 0.05) is 18.3 Å². The molecule has 3 N–H and O–H groups in total. The van der Waals surface area contributed by atoms with Crippen LogP contribution in [0, 0.1) is 11.6 Å². The molecular formula is C13H14F2N4O. The number of nitrogens with one attached hydrogen (secondary N) is 1. The maximum atomic E-state index is 13.4. The normalized spacial score (nSPS) is 10.5. The molecule has 0 saturated carbocycles. The van der Waals surface area contributed by atoms with Gasteiger partial charge in [0.25, 0.3) is 0 Å². The molecule has 0 spiro atoms. The highest BCUT2D eigenvalue weighted by Gasteiger charge is 2.11. The van der Waals surface area contributed by atoms with E-state index in [2.05, 4.69) is 10.4 Å². The quantitative estimate of drug-likeness (QED) is 0.861. The van der Waals surface area contributed by atoms with Crippen LogP contribution in [0.3, 0.4) is 0 Å². The van der Waals surface area contributed by atoms with E-state index in [1.54, 1.807) is 10.9 Å². The van der Waals surface area contributed by atoms with E-state index < -0.39 is 11.6 Å². The summed E-state index contributed by atoms with van der Waals surface area (Å²) in [7, 11) is 0. The molecule has 2 aromatic rings. The molecule has 1 aromatic heterocycles. The first-order valence-electron chi connectivity index (χ1n) is 6.04. The third-order valence-electron chi connectivity index (χ3n) is 2.70. The van der Waals surface area contributed by atoms with Crippen molar-refractivity contribution >= 4 is 11.6 Å². The zero-order valence-corrected chi connectivity index (χ0v) is 10.6. The van der Waals surface area contributed by atoms with Crippen molar-refractivity contribution in [3.63, 3.8) is 0 Å². The molecule has 1 aromatic carbocycles. The van der Waals surface area contributed by atoms with E-state index in [0.29, 0.717) is 18.8 Å². The van der Waals surface area contributed by atoms with Crippen molar-refractivity contribution in [1.82, 2.24) is 15.1 Å². The number of nitrogens with zero attached hydrogens (tertiary/aromatic N) is 2. The molecule has 5 nitrogen and oxygen atoms in total. The van der Waals surface area contributed by atoms with Crippen molar-refractivity contribution in [2.45, 2.75) is 13.0 Å². The third-order valence-corrected chi connectivity index (χ3v) is 2.70. The Morgan fingerprint density at radius 2 is 2.20 bits per heavy atom. The summed E-state index contributed by atoms with van der Waals surface area (Å²) in [5, 5.41) is 6.56. The number of aromatic nitrogens is 2. The highest BCUT2D eigenvalue weighted by atomic mass is 19.2. The molecule has 2 rings (SSSR count). The van der Waals surface area contributed by atoms with Gasteiger partial charge in [0.2, 0.25) is 5.91 Å². The largest absolute Gasteiger partial charge is 0.396 e. The second kappa shape index (κ2) is 6.14. The highest BCUT2D eigenvalue weighted by molar-refractivity contribution is 5.78. The zero-order chi connectivity index (χ0) is 14.5. The van der Waals surface area contributed by atoms with Gasteiger partial charge >= 0.3 is 0 Å². The number of rotatable bonds is 5. The molecule has 1 amide bonds. The lowest BCUT2D eigenvalue weighted by Crippen LogP contribution is -2.29. The third kappa shape index (κ3) is 3.53. The highest BCUT2D eigenvalue weighted by Crippen LogP contribution is 2.11. The Bertz CT molecular complexity index is 612. The van der Waals surface area contributed by atoms with Crippen LogP contribution >= 0.6 is 0 Å². The van der Waals surface area contributed by atoms with Crippen LogP contribution in [0.4, 0.5) is 14.5 Å². The van der Waals surface area contributed by atoms with Crippen molar-refractivity contribution in [3.8, 4) is 0 Å². The van der Waals surface area contributed by atoms with Crippen molar-refractivity contribution < 1.29 is 13.6 Å². The lowest BCUT2D eigenvalue weighted by atomic mass is 10.1. The van der Waals surface area contributed by atoms with Crippen molar-refractivity contribution in [2.75, 3.05) is 12.3 Å². The second-order valence-electron chi connectivity index (χ2n) is 4.28. The maximum absolute atomic E-state index is 13.4. The fraction of sp³-hybridized carbons (Fsp3) is 0.231. The van der Waals surface area contributed by atoms with Crippen molar-refractivity contribution in [3.05, 3.63) is 47.8 Å². The second-order valence-corrected chi connectivity index (χ2v) is 4.28. The number of nitrogen functional groups attached to an aromatic ring is 1. The monoisotopic (exact) mass is 280 g/mol. The Morgan fingerprint density at radius 1 is 1.40 bits per heavy atom. The predicted octanol–water partition coefficient (Wildman–Crippen LogP) is 1.10. The average Bonchev–Trinajstić information content (AvgIpc) is 2.81. The van der Waals surface area contributed by atoms with Crippen LogP contribution in [0.5, 0.6) is 0 Å². The molecule has 1 heterocycles. The molecule has 0 aliphatic heterocycles. The number of benzene rings is 1. The van der Waals surface area contributed by atoms with Gasteiger partial charge in [-0.1, -0.05) is 12.1 Å². The van der Waals surface area contributed by atoms with Crippen LogP contribution in [0.1, 0.15) is 5.56 Å². The molecule has 0 aliphatic rings. The van der Waals surface area contributed by atoms with Gasteiger partial charge in [0.05, 0.1) is 24.8 Å². The van der Waals surface area contributed by atoms with Gasteiger partial charge in [-0.05, 0) is 6.07 Å². The summed E-state index contributed by atoms with van der Waals surface area (Å²) in [6, 6.07) is 3.76. The Hall–Kier alpha value is -2.44. The van der Waals surface area contributed by atoms with E-state index in [1.807, 2.05) is 0 Å². The Morgan fingerprint density at radius 3 is 2.90 bits per heavy atom. The van der Waals surface area contributed by atoms with Crippen molar-refractivity contribution in [1.29, 1.82) is 0 Å². The van der Waals surface area contributed by atoms with E-state index >= 15 is 0 Å². The van der Waals surface area contributed by atoms with Crippen molar-refractivity contribution in [2.24, 2.45) is 0 Å². The smallest absolute Gasteiger partial charge is 0.224 e. The fourth-order valence-corrected chi connectivity index (χ4v) is 1.73. The van der Waals surface area contributed by atoms with Gasteiger partial charge in [0.1, 0.15) is 0 Å². The topological polar surface area (TPSA) is 72.9 Å². The summed E-state index contributed by atoms with van der Waals surface area (Å²) in [5.41, 5.74) is 6.07. The van der Waals surface area contributed by atoms with E-state index in [4.69, 9.17) is 5.73 Å².